The molecule has 0 bridgehead atoms. The van der Waals surface area contributed by atoms with Crippen LogP contribution in [0.2, 0.25) is 0 Å². The Kier molecular flexibility index (Phi) is 55.1. The van der Waals surface area contributed by atoms with Crippen molar-refractivity contribution >= 4 is 5.91 Å². The molecule has 14 nitrogen and oxygen atoms in total. The van der Waals surface area contributed by atoms with Crippen LogP contribution in [0, 0.1) is 0 Å². The number of unbranched alkanes of at least 4 members (excludes halogenated alkanes) is 27. The van der Waals surface area contributed by atoms with E-state index < -0.39 is 86.8 Å². The van der Waals surface area contributed by atoms with Crippen LogP contribution in [0.15, 0.2) is 122 Å². The van der Waals surface area contributed by atoms with E-state index >= 15 is 0 Å². The Labute approximate surface area is 552 Å². The second kappa shape index (κ2) is 60.1. The predicted octanol–water partition coefficient (Wildman–Crippen LogP) is 15.3. The number of aliphatic hydroxyl groups is 8. The van der Waals surface area contributed by atoms with Gasteiger partial charge in [-0.2, -0.15) is 0 Å². The van der Waals surface area contributed by atoms with Gasteiger partial charge in [-0.05, 0) is 83.5 Å². The van der Waals surface area contributed by atoms with Crippen LogP contribution < -0.4 is 5.32 Å². The summed E-state index contributed by atoms with van der Waals surface area (Å²) < 4.78 is 22.8. The molecule has 0 aliphatic carbocycles. The molecule has 522 valence electrons. The zero-order valence-corrected chi connectivity index (χ0v) is 56.8. The highest BCUT2D eigenvalue weighted by atomic mass is 16.7. The van der Waals surface area contributed by atoms with Gasteiger partial charge in [-0.3, -0.25) is 4.79 Å². The standard InChI is InChI=1S/C77H131NO13/c1-3-5-7-9-11-13-15-17-19-21-23-25-27-29-31-33-35-37-39-41-43-45-47-49-51-53-55-57-59-61-69(82)78-65(64-88-76-74(87)72(85)75(68(63-80)90-76)91-77-73(86)71(84)70(83)67(62-79)89-77)66(81)60-58-56-54-52-50-48-46-44-42-40-38-36-34-32-30-28-26-24-22-20-18-16-14-12-10-8-6-4-2/h5,7,11,13,17,19,23,25,29,31,35,37,41,43,47,49,53,55,58,60,65-68,70-77,79-81,83-87H,3-4,6,8-10,12,14-16,18,20-22,24,26-28,30,32-34,36,38-40,42,44-46,48,50-52,54,56-57,59,61-64H2,1-2H3,(H,78,82)/b7-5-,13-11-,19-17-,25-23-,31-29-,37-35-,43-41-,49-47-,55-53-,60-58+. The average Bonchev–Trinajstić information content (AvgIpc) is 1.06. The van der Waals surface area contributed by atoms with Gasteiger partial charge in [0.2, 0.25) is 5.91 Å². The molecular weight excluding hydrogens is 1150 g/mol. The molecule has 12 unspecified atom stereocenters. The van der Waals surface area contributed by atoms with Crippen LogP contribution >= 0.6 is 0 Å². The third-order valence-corrected chi connectivity index (χ3v) is 16.9. The molecule has 2 saturated heterocycles. The molecule has 0 aromatic carbocycles. The smallest absolute Gasteiger partial charge is 0.220 e. The molecule has 0 saturated carbocycles. The van der Waals surface area contributed by atoms with Crippen molar-refractivity contribution in [2.45, 2.75) is 338 Å². The van der Waals surface area contributed by atoms with Gasteiger partial charge in [0, 0.05) is 6.42 Å². The Morgan fingerprint density at radius 1 is 0.407 bits per heavy atom. The van der Waals surface area contributed by atoms with Gasteiger partial charge in [-0.25, -0.2) is 0 Å². The topological polar surface area (TPSA) is 228 Å². The number of carbonyl (C=O) groups excluding carboxylic acids is 1. The molecule has 2 aliphatic rings. The minimum Gasteiger partial charge on any atom is -0.394 e. The largest absolute Gasteiger partial charge is 0.394 e. The number of nitrogens with one attached hydrogen (secondary N) is 1. The molecule has 2 rings (SSSR count). The second-order valence-electron chi connectivity index (χ2n) is 25.0. The average molecular weight is 1280 g/mol. The molecule has 12 atom stereocenters. The normalized spacial score (nSPS) is 23.5. The fourth-order valence-corrected chi connectivity index (χ4v) is 11.2. The van der Waals surface area contributed by atoms with Crippen LogP contribution in [0.25, 0.3) is 0 Å². The summed E-state index contributed by atoms with van der Waals surface area (Å²) in [6.07, 6.45) is 71.1. The van der Waals surface area contributed by atoms with Crippen LogP contribution in [0.5, 0.6) is 0 Å². The maximum Gasteiger partial charge on any atom is 0.220 e. The monoisotopic (exact) mass is 1280 g/mol. The number of ether oxygens (including phenoxy) is 4. The lowest BCUT2D eigenvalue weighted by molar-refractivity contribution is -0.359. The van der Waals surface area contributed by atoms with Gasteiger partial charge in [-0.1, -0.05) is 296 Å². The highest BCUT2D eigenvalue weighted by Gasteiger charge is 2.51. The number of rotatable bonds is 58. The van der Waals surface area contributed by atoms with Crippen molar-refractivity contribution in [2.75, 3.05) is 19.8 Å². The highest BCUT2D eigenvalue weighted by Crippen LogP contribution is 2.30. The number of hydrogen-bond donors (Lipinski definition) is 9. The lowest BCUT2D eigenvalue weighted by atomic mass is 9.97. The predicted molar refractivity (Wildman–Crippen MR) is 373 cm³/mol. The summed E-state index contributed by atoms with van der Waals surface area (Å²) in [5, 5.41) is 87.5. The van der Waals surface area contributed by atoms with Gasteiger partial charge >= 0.3 is 0 Å². The number of hydrogen-bond acceptors (Lipinski definition) is 13. The van der Waals surface area contributed by atoms with Crippen LogP contribution in [0.1, 0.15) is 264 Å². The number of aliphatic hydroxyl groups excluding tert-OH is 8. The van der Waals surface area contributed by atoms with E-state index in [9.17, 15) is 45.6 Å². The quantitative estimate of drug-likeness (QED) is 0.0204. The lowest BCUT2D eigenvalue weighted by Crippen LogP contribution is -2.65. The van der Waals surface area contributed by atoms with E-state index in [2.05, 4.69) is 129 Å². The van der Waals surface area contributed by atoms with Crippen molar-refractivity contribution < 1.29 is 64.6 Å². The van der Waals surface area contributed by atoms with Crippen molar-refractivity contribution in [3.63, 3.8) is 0 Å². The zero-order valence-electron chi connectivity index (χ0n) is 56.8. The molecule has 0 aromatic heterocycles. The molecule has 2 fully saturated rings. The summed E-state index contributed by atoms with van der Waals surface area (Å²) in [5.74, 6) is -0.299. The molecule has 0 spiro atoms. The summed E-state index contributed by atoms with van der Waals surface area (Å²) >= 11 is 0. The molecular formula is C77H131NO13. The first-order valence-electron chi connectivity index (χ1n) is 36.3. The number of allylic oxidation sites excluding steroid dienone is 19. The van der Waals surface area contributed by atoms with Crippen molar-refractivity contribution in [2.24, 2.45) is 0 Å². The van der Waals surface area contributed by atoms with Crippen LogP contribution in [0.4, 0.5) is 0 Å². The van der Waals surface area contributed by atoms with E-state index in [4.69, 9.17) is 18.9 Å². The van der Waals surface area contributed by atoms with Gasteiger partial charge in [0.15, 0.2) is 12.6 Å². The van der Waals surface area contributed by atoms with Gasteiger partial charge < -0.3 is 65.1 Å². The first-order chi connectivity index (χ1) is 44.6. The third-order valence-electron chi connectivity index (χ3n) is 16.9. The Hall–Kier alpha value is -3.61. The maximum atomic E-state index is 13.3. The van der Waals surface area contributed by atoms with Gasteiger partial charge in [-0.15, -0.1) is 0 Å². The van der Waals surface area contributed by atoms with Crippen LogP contribution in [-0.4, -0.2) is 140 Å². The van der Waals surface area contributed by atoms with E-state index in [0.717, 1.165) is 83.5 Å². The molecule has 0 radical (unpaired) electrons. The van der Waals surface area contributed by atoms with Gasteiger partial charge in [0.1, 0.15) is 48.8 Å². The van der Waals surface area contributed by atoms with Crippen molar-refractivity contribution in [3.05, 3.63) is 122 Å². The van der Waals surface area contributed by atoms with Crippen molar-refractivity contribution in [1.29, 1.82) is 0 Å². The first-order valence-corrected chi connectivity index (χ1v) is 36.3. The molecule has 9 N–H and O–H groups in total. The highest BCUT2D eigenvalue weighted by molar-refractivity contribution is 5.76. The molecule has 2 heterocycles. The van der Waals surface area contributed by atoms with Gasteiger partial charge in [0.25, 0.3) is 0 Å². The summed E-state index contributed by atoms with van der Waals surface area (Å²) in [4.78, 5) is 13.3. The van der Waals surface area contributed by atoms with Gasteiger partial charge in [0.05, 0.1) is 32.0 Å². The minimum absolute atomic E-state index is 0.194. The maximum absolute atomic E-state index is 13.3. The Bertz CT molecular complexity index is 1990. The van der Waals surface area contributed by atoms with E-state index in [1.54, 1.807) is 6.08 Å². The van der Waals surface area contributed by atoms with E-state index in [0.29, 0.717) is 12.8 Å². The Balaban J connectivity index is 1.72. The molecule has 1 amide bonds. The fourth-order valence-electron chi connectivity index (χ4n) is 11.2. The van der Waals surface area contributed by atoms with Crippen LogP contribution in [0.3, 0.4) is 0 Å². The molecule has 91 heavy (non-hydrogen) atoms. The minimum atomic E-state index is -1.80. The summed E-state index contributed by atoms with van der Waals surface area (Å²) in [6, 6.07) is -0.957. The van der Waals surface area contributed by atoms with Crippen LogP contribution in [-0.2, 0) is 23.7 Å². The Morgan fingerprint density at radius 2 is 0.758 bits per heavy atom. The zero-order chi connectivity index (χ0) is 65.9. The summed E-state index contributed by atoms with van der Waals surface area (Å²) in [6.45, 7) is 2.67. The Morgan fingerprint density at radius 3 is 1.15 bits per heavy atom. The second-order valence-corrected chi connectivity index (χ2v) is 25.0. The summed E-state index contributed by atoms with van der Waals surface area (Å²) in [7, 11) is 0. The lowest BCUT2D eigenvalue weighted by Gasteiger charge is -2.46. The first kappa shape index (κ1) is 83.5. The third kappa shape index (κ3) is 43.9. The molecule has 2 aliphatic heterocycles. The fraction of sp³-hybridized carbons (Fsp3) is 0.727. The van der Waals surface area contributed by atoms with E-state index in [-0.39, 0.29) is 18.9 Å². The SMILES string of the molecule is CC/C=C\C/C=C\C/C=C\C/C=C\C/C=C\C/C=C\C/C=C\C/C=C\C/C=C\CCCC(=O)NC(COC1OC(CO)C(OC2OC(CO)C(O)C(O)C2O)C(O)C1O)C(O)/C=C/CCCCCCCCCCCCCCCCCCCCCCCCCCCC. The van der Waals surface area contributed by atoms with Crippen molar-refractivity contribution in [3.8, 4) is 0 Å². The summed E-state index contributed by atoms with van der Waals surface area (Å²) in [5.41, 5.74) is 0. The number of amides is 1. The van der Waals surface area contributed by atoms with E-state index in [1.165, 1.54) is 148 Å². The molecule has 0 aromatic rings. The molecule has 14 heteroatoms. The van der Waals surface area contributed by atoms with Crippen molar-refractivity contribution in [1.82, 2.24) is 5.32 Å². The van der Waals surface area contributed by atoms with E-state index in [1.807, 2.05) is 6.08 Å². The number of carbonyl (C=O) groups is 1.